The summed E-state index contributed by atoms with van der Waals surface area (Å²) in [5.74, 6) is 1.13. The molecule has 1 aliphatic carbocycles. The Hall–Kier alpha value is -4.14. The van der Waals surface area contributed by atoms with Crippen LogP contribution in [0.25, 0.3) is 10.9 Å². The lowest BCUT2D eigenvalue weighted by molar-refractivity contribution is -0.111. The number of para-hydroxylation sites is 1. The first kappa shape index (κ1) is 27.4. The van der Waals surface area contributed by atoms with E-state index in [1.807, 2.05) is 52.8 Å². The Bertz CT molecular complexity index is 1580. The van der Waals surface area contributed by atoms with E-state index in [9.17, 15) is 14.4 Å². The van der Waals surface area contributed by atoms with Gasteiger partial charge in [0.15, 0.2) is 0 Å². The quantitative estimate of drug-likeness (QED) is 0.321. The Morgan fingerprint density at radius 2 is 1.88 bits per heavy atom. The predicted octanol–water partition coefficient (Wildman–Crippen LogP) is 4.95. The summed E-state index contributed by atoms with van der Waals surface area (Å²) in [6.07, 6.45) is 2.41. The van der Waals surface area contributed by atoms with Gasteiger partial charge in [0.1, 0.15) is 5.60 Å². The molecule has 3 unspecified atom stereocenters. The number of piperidine rings is 1. The molecule has 2 heterocycles. The molecule has 2 N–H and O–H groups in total. The number of aromatic nitrogens is 2. The second-order valence-corrected chi connectivity index (χ2v) is 11.9. The van der Waals surface area contributed by atoms with Crippen molar-refractivity contribution in [2.45, 2.75) is 52.7 Å². The number of carbonyl (C=O) groups excluding carboxylic acids is 2. The summed E-state index contributed by atoms with van der Waals surface area (Å²) in [5, 5.41) is 6.63. The fourth-order valence-corrected chi connectivity index (χ4v) is 5.54. The van der Waals surface area contributed by atoms with E-state index in [0.29, 0.717) is 45.6 Å². The van der Waals surface area contributed by atoms with Crippen LogP contribution in [0.2, 0.25) is 0 Å². The van der Waals surface area contributed by atoms with Crippen LogP contribution in [0.15, 0.2) is 47.8 Å². The number of anilines is 3. The van der Waals surface area contributed by atoms with Crippen LogP contribution in [0, 0.1) is 18.8 Å². The summed E-state index contributed by atoms with van der Waals surface area (Å²) in [6.45, 7) is 14.6. The molecule has 5 rings (SSSR count). The van der Waals surface area contributed by atoms with Crippen LogP contribution in [-0.4, -0.2) is 40.1 Å². The van der Waals surface area contributed by atoms with E-state index in [1.54, 1.807) is 23.7 Å². The molecule has 1 amide bonds. The van der Waals surface area contributed by atoms with E-state index in [-0.39, 0.29) is 11.6 Å². The zero-order valence-electron chi connectivity index (χ0n) is 24.0. The van der Waals surface area contributed by atoms with Crippen LogP contribution in [0.1, 0.15) is 61.6 Å². The van der Waals surface area contributed by atoms with Crippen molar-refractivity contribution >= 4 is 40.1 Å². The molecule has 0 bridgehead atoms. The van der Waals surface area contributed by atoms with Gasteiger partial charge in [-0.25, -0.2) is 9.78 Å². The monoisotopic (exact) mass is 543 g/mol. The maximum absolute atomic E-state index is 13.9. The number of nitrogens with zero attached hydrogens (tertiary/aromatic N) is 3. The molecule has 0 radical (unpaired) electrons. The smallest absolute Gasteiger partial charge is 0.340 e. The first-order chi connectivity index (χ1) is 18.9. The second kappa shape index (κ2) is 10.1. The van der Waals surface area contributed by atoms with Crippen molar-refractivity contribution in [3.05, 3.63) is 70.0 Å². The highest BCUT2D eigenvalue weighted by molar-refractivity contribution is 6.07. The maximum atomic E-state index is 13.9. The molecular weight excluding hydrogens is 506 g/mol. The topological polar surface area (TPSA) is 106 Å². The lowest BCUT2D eigenvalue weighted by Gasteiger charge is -2.25. The van der Waals surface area contributed by atoms with Gasteiger partial charge in [-0.3, -0.25) is 14.2 Å². The number of esters is 1. The number of hydrogen-bond donors (Lipinski definition) is 2. The average molecular weight is 544 g/mol. The van der Waals surface area contributed by atoms with Crippen LogP contribution >= 0.6 is 0 Å². The van der Waals surface area contributed by atoms with Crippen molar-refractivity contribution in [3.63, 3.8) is 0 Å². The van der Waals surface area contributed by atoms with Crippen LogP contribution in [0.3, 0.4) is 0 Å². The van der Waals surface area contributed by atoms with Gasteiger partial charge in [0.05, 0.1) is 28.2 Å². The molecule has 1 saturated heterocycles. The zero-order chi connectivity index (χ0) is 28.9. The standard InChI is InChI=1S/C31H37N5O4/c1-8-24(37)33-26-17(2)13-22(18(3)32-23-12-10-9-11-21(23)29(39)40-31(4,5)6)27-25(26)28(38)35(7)30(34-27)36-15-19-14-20(19)16-36/h8-13,18-20,32H,1,14-16H2,2-7H3,(H,33,37). The van der Waals surface area contributed by atoms with Crippen LogP contribution < -0.4 is 21.1 Å². The number of amides is 1. The summed E-state index contributed by atoms with van der Waals surface area (Å²) in [7, 11) is 1.73. The van der Waals surface area contributed by atoms with Gasteiger partial charge >= 0.3 is 5.97 Å². The molecule has 1 aliphatic heterocycles. The number of rotatable bonds is 7. The molecule has 2 aromatic carbocycles. The molecule has 40 heavy (non-hydrogen) atoms. The highest BCUT2D eigenvalue weighted by Crippen LogP contribution is 2.46. The minimum Gasteiger partial charge on any atom is -0.456 e. The molecule has 2 aliphatic rings. The largest absolute Gasteiger partial charge is 0.456 e. The van der Waals surface area contributed by atoms with Gasteiger partial charge in [-0.1, -0.05) is 18.7 Å². The normalized spacial score (nSPS) is 18.7. The Kier molecular flexibility index (Phi) is 6.94. The van der Waals surface area contributed by atoms with Gasteiger partial charge in [-0.05, 0) is 82.7 Å². The molecular formula is C31H37N5O4. The number of aryl methyl sites for hydroxylation is 1. The van der Waals surface area contributed by atoms with Crippen molar-refractivity contribution in [3.8, 4) is 0 Å². The van der Waals surface area contributed by atoms with E-state index < -0.39 is 17.5 Å². The minimum absolute atomic E-state index is 0.230. The highest BCUT2D eigenvalue weighted by Gasteiger charge is 2.46. The van der Waals surface area contributed by atoms with E-state index in [0.717, 1.165) is 24.2 Å². The third-order valence-electron chi connectivity index (χ3n) is 7.64. The lowest BCUT2D eigenvalue weighted by atomic mass is 9.98. The van der Waals surface area contributed by atoms with Gasteiger partial charge in [0.25, 0.3) is 5.56 Å². The SMILES string of the molecule is C=CC(=O)Nc1c(C)cc(C(C)Nc2ccccc2C(=O)OC(C)(C)C)c2nc(N3CC4CC4C3)n(C)c(=O)c12. The van der Waals surface area contributed by atoms with E-state index in [1.165, 1.54) is 12.5 Å². The lowest BCUT2D eigenvalue weighted by Crippen LogP contribution is -2.32. The van der Waals surface area contributed by atoms with Crippen molar-refractivity contribution < 1.29 is 14.3 Å². The highest BCUT2D eigenvalue weighted by atomic mass is 16.6. The molecule has 3 aromatic rings. The van der Waals surface area contributed by atoms with Crippen LogP contribution in [0.4, 0.5) is 17.3 Å². The third-order valence-corrected chi connectivity index (χ3v) is 7.64. The molecule has 9 nitrogen and oxygen atoms in total. The number of nitrogens with one attached hydrogen (secondary N) is 2. The summed E-state index contributed by atoms with van der Waals surface area (Å²) in [6, 6.07) is 8.80. The Labute approximate surface area is 234 Å². The van der Waals surface area contributed by atoms with Gasteiger partial charge in [0.2, 0.25) is 11.9 Å². The summed E-state index contributed by atoms with van der Waals surface area (Å²) in [5.41, 5.74) is 2.61. The zero-order valence-corrected chi connectivity index (χ0v) is 24.0. The Balaban J connectivity index is 1.62. The molecule has 210 valence electrons. The minimum atomic E-state index is -0.634. The van der Waals surface area contributed by atoms with Gasteiger partial charge < -0.3 is 20.3 Å². The molecule has 1 saturated carbocycles. The fraction of sp³-hybridized carbons (Fsp3) is 0.419. The van der Waals surface area contributed by atoms with Crippen molar-refractivity contribution in [2.75, 3.05) is 28.6 Å². The van der Waals surface area contributed by atoms with Crippen molar-refractivity contribution in [1.29, 1.82) is 0 Å². The molecule has 2 fully saturated rings. The van der Waals surface area contributed by atoms with E-state index >= 15 is 0 Å². The predicted molar refractivity (Wildman–Crippen MR) is 158 cm³/mol. The average Bonchev–Trinajstić information content (AvgIpc) is 3.50. The second-order valence-electron chi connectivity index (χ2n) is 11.9. The van der Waals surface area contributed by atoms with Gasteiger partial charge in [0, 0.05) is 31.4 Å². The van der Waals surface area contributed by atoms with Gasteiger partial charge in [-0.15, -0.1) is 0 Å². The molecule has 1 aromatic heterocycles. The number of ether oxygens (including phenoxy) is 1. The summed E-state index contributed by atoms with van der Waals surface area (Å²) >= 11 is 0. The third kappa shape index (κ3) is 5.20. The number of carbonyl (C=O) groups is 2. The van der Waals surface area contributed by atoms with Crippen molar-refractivity contribution in [1.82, 2.24) is 9.55 Å². The summed E-state index contributed by atoms with van der Waals surface area (Å²) < 4.78 is 7.21. The van der Waals surface area contributed by atoms with E-state index in [2.05, 4.69) is 22.1 Å². The number of fused-ring (bicyclic) bond motifs is 2. The van der Waals surface area contributed by atoms with Gasteiger partial charge in [-0.2, -0.15) is 0 Å². The van der Waals surface area contributed by atoms with Crippen LogP contribution in [0.5, 0.6) is 0 Å². The Morgan fingerprint density at radius 3 is 2.52 bits per heavy atom. The van der Waals surface area contributed by atoms with Crippen molar-refractivity contribution in [2.24, 2.45) is 18.9 Å². The molecule has 3 atom stereocenters. The number of hydrogen-bond acceptors (Lipinski definition) is 7. The Morgan fingerprint density at radius 1 is 1.20 bits per heavy atom. The molecule has 9 heteroatoms. The first-order valence-corrected chi connectivity index (χ1v) is 13.7. The fourth-order valence-electron chi connectivity index (χ4n) is 5.54. The number of benzene rings is 2. The first-order valence-electron chi connectivity index (χ1n) is 13.7. The molecule has 0 spiro atoms. The van der Waals surface area contributed by atoms with E-state index in [4.69, 9.17) is 9.72 Å². The summed E-state index contributed by atoms with van der Waals surface area (Å²) in [4.78, 5) is 46.4. The maximum Gasteiger partial charge on any atom is 0.340 e. The van der Waals surface area contributed by atoms with Crippen LogP contribution in [-0.2, 0) is 16.6 Å².